The predicted octanol–water partition coefficient (Wildman–Crippen LogP) is 7.32. The molecule has 0 radical (unpaired) electrons. The van der Waals surface area contributed by atoms with Gasteiger partial charge in [0.2, 0.25) is 5.96 Å². The molecule has 0 aliphatic heterocycles. The molecule has 0 spiro atoms. The highest BCUT2D eigenvalue weighted by molar-refractivity contribution is 7.90. The molecule has 0 saturated heterocycles. The normalized spacial score (nSPS) is 14.3. The number of sulfonamides is 1. The molecule has 5 N–H and O–H groups in total. The van der Waals surface area contributed by atoms with E-state index in [2.05, 4.69) is 44.6 Å². The van der Waals surface area contributed by atoms with Gasteiger partial charge in [-0.2, -0.15) is 0 Å². The van der Waals surface area contributed by atoms with E-state index in [0.29, 0.717) is 6.42 Å². The first-order chi connectivity index (χ1) is 30.7. The first-order valence-corrected chi connectivity index (χ1v) is 23.0. The molecule has 13 nitrogen and oxygen atoms in total. The Morgan fingerprint density at radius 2 is 1.16 bits per heavy atom. The number of carbonyl (C=O) groups is 3. The van der Waals surface area contributed by atoms with E-state index in [0.717, 1.165) is 50.1 Å². The van der Waals surface area contributed by atoms with Crippen LogP contribution in [0.1, 0.15) is 79.7 Å². The SMILES string of the molecule is Cc1ccc(S(=O)(=O)NC(N)=NCCC[C@H](NCC[C@H](NC(=O)OCC2c3ccccc3-c3ccccc32)C(=O)OC(C)(C)C)C(=O)OCC2c3ccccc3-c3ccccc32)cc1. The van der Waals surface area contributed by atoms with Crippen molar-refractivity contribution < 1.29 is 37.0 Å². The Morgan fingerprint density at radius 1 is 0.672 bits per heavy atom. The number of aliphatic imine (C=N–C) groups is 1. The lowest BCUT2D eigenvalue weighted by molar-refractivity contribution is -0.157. The first kappa shape index (κ1) is 45.5. The van der Waals surface area contributed by atoms with Crippen LogP contribution in [-0.4, -0.2) is 76.4 Å². The summed E-state index contributed by atoms with van der Waals surface area (Å²) in [5, 5.41) is 5.95. The molecular formula is C50H55N5O8S. The summed E-state index contributed by atoms with van der Waals surface area (Å²) in [6, 6.07) is 36.5. The van der Waals surface area contributed by atoms with Crippen molar-refractivity contribution in [2.75, 3.05) is 26.3 Å². The highest BCUT2D eigenvalue weighted by atomic mass is 32.2. The number of alkyl carbamates (subject to hydrolysis) is 1. The van der Waals surface area contributed by atoms with Gasteiger partial charge >= 0.3 is 18.0 Å². The monoisotopic (exact) mass is 885 g/mol. The van der Waals surface area contributed by atoms with Crippen molar-refractivity contribution >= 4 is 34.0 Å². The van der Waals surface area contributed by atoms with Crippen molar-refractivity contribution in [1.82, 2.24) is 15.4 Å². The van der Waals surface area contributed by atoms with E-state index < -0.39 is 45.7 Å². The highest BCUT2D eigenvalue weighted by Gasteiger charge is 2.33. The molecule has 64 heavy (non-hydrogen) atoms. The lowest BCUT2D eigenvalue weighted by Crippen LogP contribution is -2.47. The summed E-state index contributed by atoms with van der Waals surface area (Å²) >= 11 is 0. The number of benzene rings is 5. The number of nitrogens with two attached hydrogens (primary N) is 1. The van der Waals surface area contributed by atoms with Gasteiger partial charge in [0.25, 0.3) is 10.0 Å². The molecule has 2 aliphatic rings. The molecule has 0 aromatic heterocycles. The number of nitrogens with one attached hydrogen (secondary N) is 3. The summed E-state index contributed by atoms with van der Waals surface area (Å²) in [7, 11) is -3.95. The van der Waals surface area contributed by atoms with Gasteiger partial charge in [-0.3, -0.25) is 9.79 Å². The van der Waals surface area contributed by atoms with Crippen molar-refractivity contribution in [3.63, 3.8) is 0 Å². The molecule has 0 heterocycles. The van der Waals surface area contributed by atoms with Crippen molar-refractivity contribution in [2.45, 2.75) is 81.4 Å². The molecule has 2 aliphatic carbocycles. The molecular weight excluding hydrogens is 831 g/mol. The number of hydrogen-bond acceptors (Lipinski definition) is 10. The molecule has 14 heteroatoms. The maximum atomic E-state index is 14.0. The van der Waals surface area contributed by atoms with Crippen LogP contribution in [0.4, 0.5) is 4.79 Å². The minimum absolute atomic E-state index is 0.0496. The third-order valence-corrected chi connectivity index (χ3v) is 12.7. The van der Waals surface area contributed by atoms with Crippen molar-refractivity contribution in [2.24, 2.45) is 10.7 Å². The van der Waals surface area contributed by atoms with Crippen LogP contribution in [-0.2, 0) is 33.8 Å². The fraction of sp³-hybridized carbons (Fsp3) is 0.320. The van der Waals surface area contributed by atoms with E-state index >= 15 is 0 Å². The van der Waals surface area contributed by atoms with E-state index in [4.69, 9.17) is 19.9 Å². The van der Waals surface area contributed by atoms with Gasteiger partial charge in [0, 0.05) is 18.4 Å². The molecule has 2 atom stereocenters. The van der Waals surface area contributed by atoms with Crippen LogP contribution in [0.25, 0.3) is 22.3 Å². The van der Waals surface area contributed by atoms with Gasteiger partial charge in [-0.25, -0.2) is 22.7 Å². The number of aryl methyl sites for hydroxylation is 1. The van der Waals surface area contributed by atoms with Crippen molar-refractivity contribution in [3.05, 3.63) is 149 Å². The van der Waals surface area contributed by atoms with E-state index in [1.165, 1.54) is 12.1 Å². The Labute approximate surface area is 374 Å². The van der Waals surface area contributed by atoms with Gasteiger partial charge in [0.05, 0.1) is 4.90 Å². The Kier molecular flexibility index (Phi) is 14.2. The Morgan fingerprint density at radius 3 is 1.66 bits per heavy atom. The van der Waals surface area contributed by atoms with Crippen LogP contribution in [0.3, 0.4) is 0 Å². The lowest BCUT2D eigenvalue weighted by Gasteiger charge is -2.25. The van der Waals surface area contributed by atoms with Crippen LogP contribution < -0.4 is 21.1 Å². The summed E-state index contributed by atoms with van der Waals surface area (Å²) in [6.07, 6.45) is -0.172. The summed E-state index contributed by atoms with van der Waals surface area (Å²) in [6.45, 7) is 7.43. The van der Waals surface area contributed by atoms with Crippen LogP contribution in [0.2, 0.25) is 0 Å². The number of nitrogens with zero attached hydrogens (tertiary/aromatic N) is 1. The molecule has 5 aromatic carbocycles. The summed E-state index contributed by atoms with van der Waals surface area (Å²) in [5.41, 5.74) is 14.7. The smallest absolute Gasteiger partial charge is 0.407 e. The second-order valence-electron chi connectivity index (χ2n) is 17.0. The second-order valence-corrected chi connectivity index (χ2v) is 18.7. The van der Waals surface area contributed by atoms with E-state index in [1.807, 2.05) is 79.7 Å². The number of amides is 1. The first-order valence-electron chi connectivity index (χ1n) is 21.5. The van der Waals surface area contributed by atoms with Gasteiger partial charge in [-0.05, 0) is 110 Å². The van der Waals surface area contributed by atoms with Crippen LogP contribution in [0, 0.1) is 6.92 Å². The van der Waals surface area contributed by atoms with Gasteiger partial charge in [-0.15, -0.1) is 0 Å². The Bertz CT molecular complexity index is 2530. The summed E-state index contributed by atoms with van der Waals surface area (Å²) in [4.78, 5) is 45.2. The molecule has 0 saturated carbocycles. The van der Waals surface area contributed by atoms with Gasteiger partial charge in [-0.1, -0.05) is 115 Å². The molecule has 0 unspecified atom stereocenters. The van der Waals surface area contributed by atoms with Gasteiger partial charge in [0.1, 0.15) is 30.9 Å². The molecule has 0 bridgehead atoms. The van der Waals surface area contributed by atoms with E-state index in [-0.39, 0.29) is 61.8 Å². The quantitative estimate of drug-likeness (QED) is 0.0242. The predicted molar refractivity (Wildman–Crippen MR) is 246 cm³/mol. The van der Waals surface area contributed by atoms with E-state index in [1.54, 1.807) is 32.9 Å². The number of esters is 2. The molecule has 0 fully saturated rings. The third-order valence-electron chi connectivity index (χ3n) is 11.3. The van der Waals surface area contributed by atoms with Crippen LogP contribution in [0.15, 0.2) is 131 Å². The maximum absolute atomic E-state index is 14.0. The number of ether oxygens (including phenoxy) is 3. The number of carbonyl (C=O) groups excluding carboxylic acids is 3. The minimum atomic E-state index is -3.95. The maximum Gasteiger partial charge on any atom is 0.407 e. The van der Waals surface area contributed by atoms with Gasteiger partial charge < -0.3 is 30.6 Å². The molecule has 7 rings (SSSR count). The average molecular weight is 886 g/mol. The summed E-state index contributed by atoms with van der Waals surface area (Å²) < 4.78 is 45.5. The molecule has 5 aromatic rings. The third kappa shape index (κ3) is 11.0. The van der Waals surface area contributed by atoms with Gasteiger partial charge in [0.15, 0.2) is 0 Å². The zero-order valence-corrected chi connectivity index (χ0v) is 37.3. The lowest BCUT2D eigenvalue weighted by atomic mass is 9.98. The largest absolute Gasteiger partial charge is 0.464 e. The zero-order chi connectivity index (χ0) is 45.4. The zero-order valence-electron chi connectivity index (χ0n) is 36.5. The number of fused-ring (bicyclic) bond motifs is 6. The van der Waals surface area contributed by atoms with Crippen LogP contribution in [0.5, 0.6) is 0 Å². The summed E-state index contributed by atoms with van der Waals surface area (Å²) in [5.74, 6) is -1.80. The Hall–Kier alpha value is -6.51. The average Bonchev–Trinajstić information content (AvgIpc) is 3.76. The topological polar surface area (TPSA) is 188 Å². The number of hydrogen-bond donors (Lipinski definition) is 4. The van der Waals surface area contributed by atoms with Crippen LogP contribution >= 0.6 is 0 Å². The second kappa shape index (κ2) is 19.9. The molecule has 334 valence electrons. The van der Waals surface area contributed by atoms with E-state index in [9.17, 15) is 22.8 Å². The van der Waals surface area contributed by atoms with Crippen molar-refractivity contribution in [1.29, 1.82) is 0 Å². The minimum Gasteiger partial charge on any atom is -0.464 e. The number of guanidine groups is 1. The Balaban J connectivity index is 1.01. The molecule has 1 amide bonds. The highest BCUT2D eigenvalue weighted by Crippen LogP contribution is 2.45. The fourth-order valence-corrected chi connectivity index (χ4v) is 9.21. The number of rotatable bonds is 17. The van der Waals surface area contributed by atoms with Crippen molar-refractivity contribution in [3.8, 4) is 22.3 Å². The fourth-order valence-electron chi connectivity index (χ4n) is 8.26. The standard InChI is InChI=1S/C50H55N5O8S/c1-32-23-25-33(26-24-32)64(59,60)55-48(51)53-28-13-22-44(46(56)61-30-42-38-18-9-5-14-34(38)35-15-6-10-19-39(35)42)52-29-27-45(47(57)63-50(2,3)4)54-49(58)62-31-43-40-20-11-7-16-36(40)37-17-8-12-21-41(37)43/h5-12,14-21,23-26,42-45,52H,13,22,27-31H2,1-4H3,(H,54,58)(H3,51,53,55)/t44-,45-/m0/s1.